The van der Waals surface area contributed by atoms with Gasteiger partial charge in [0.2, 0.25) is 0 Å². The van der Waals surface area contributed by atoms with E-state index in [1.54, 1.807) is 0 Å². The zero-order chi connectivity index (χ0) is 8.43. The van der Waals surface area contributed by atoms with E-state index in [9.17, 15) is 8.76 Å². The Hall–Kier alpha value is 0.910. The van der Waals surface area contributed by atoms with Crippen LogP contribution in [-0.4, -0.2) is 8.76 Å². The third-order valence-corrected chi connectivity index (χ3v) is 2.46. The Kier molecular flexibility index (Phi) is 6.03. The van der Waals surface area contributed by atoms with Crippen molar-refractivity contribution < 1.29 is 38.3 Å². The fraction of sp³-hybridized carbons (Fsp3) is 0. The average Bonchev–Trinajstić information content (AvgIpc) is 1.94. The molecule has 1 atom stereocenters. The topological polar surface area (TPSA) is 40.1 Å². The Morgan fingerprint density at radius 3 is 2.25 bits per heavy atom. The normalized spacial score (nSPS) is 11.9. The fourth-order valence-corrected chi connectivity index (χ4v) is 1.34. The molecule has 0 spiro atoms. The van der Waals surface area contributed by atoms with Crippen LogP contribution in [0.3, 0.4) is 0 Å². The van der Waals surface area contributed by atoms with Gasteiger partial charge in [-0.15, -0.1) is 0 Å². The Labute approximate surface area is 105 Å². The molecule has 1 rings (SSSR count). The molecule has 0 aliphatic rings. The van der Waals surface area contributed by atoms with Crippen molar-refractivity contribution in [2.24, 2.45) is 0 Å². The van der Waals surface area contributed by atoms with Crippen molar-refractivity contribution >= 4 is 34.3 Å². The zero-order valence-corrected chi connectivity index (χ0v) is 10.5. The van der Waals surface area contributed by atoms with Crippen LogP contribution in [0.25, 0.3) is 0 Å². The van der Waals surface area contributed by atoms with Gasteiger partial charge in [0.1, 0.15) is 0 Å². The number of hydrogen-bond donors (Lipinski definition) is 0. The second-order valence-electron chi connectivity index (χ2n) is 1.81. The molecule has 0 fully saturated rings. The molecule has 0 bridgehead atoms. The Bertz CT molecular complexity index is 306. The van der Waals surface area contributed by atoms with Crippen molar-refractivity contribution in [3.05, 3.63) is 28.2 Å². The van der Waals surface area contributed by atoms with Crippen molar-refractivity contribution in [2.75, 3.05) is 0 Å². The molecule has 6 heteroatoms. The predicted octanol–water partition coefficient (Wildman–Crippen LogP) is -0.765. The maximum atomic E-state index is 10.4. The molecule has 0 radical (unpaired) electrons. The van der Waals surface area contributed by atoms with Gasteiger partial charge in [0.25, 0.3) is 0 Å². The Morgan fingerprint density at radius 2 is 1.83 bits per heavy atom. The summed E-state index contributed by atoms with van der Waals surface area (Å²) in [6, 6.07) is 4.12. The number of rotatable bonds is 1. The van der Waals surface area contributed by atoms with Gasteiger partial charge in [0, 0.05) is 4.90 Å². The van der Waals surface area contributed by atoms with Gasteiger partial charge in [-0.05, 0) is 29.3 Å². The molecule has 1 aromatic carbocycles. The second-order valence-corrected chi connectivity index (χ2v) is 3.57. The molecule has 0 saturated heterocycles. The molecule has 2 nitrogen and oxygen atoms in total. The van der Waals surface area contributed by atoms with E-state index in [4.69, 9.17) is 23.2 Å². The summed E-state index contributed by atoms with van der Waals surface area (Å²) >= 11 is 8.86. The third kappa shape index (κ3) is 3.34. The third-order valence-electron chi connectivity index (χ3n) is 1.08. The summed E-state index contributed by atoms with van der Waals surface area (Å²) < 4.78 is 20.7. The molecule has 0 saturated carbocycles. The van der Waals surface area contributed by atoms with E-state index in [-0.39, 0.29) is 39.5 Å². The van der Waals surface area contributed by atoms with Gasteiger partial charge >= 0.3 is 29.6 Å². The monoisotopic (exact) mass is 232 g/mol. The van der Waals surface area contributed by atoms with Crippen LogP contribution in [0.4, 0.5) is 0 Å². The molecule has 60 valence electrons. The van der Waals surface area contributed by atoms with Crippen LogP contribution in [0.2, 0.25) is 10.0 Å². The number of benzene rings is 1. The van der Waals surface area contributed by atoms with Gasteiger partial charge < -0.3 is 4.55 Å². The van der Waals surface area contributed by atoms with Gasteiger partial charge in [0.15, 0.2) is 0 Å². The minimum Gasteiger partial charge on any atom is -0.768 e. The molecule has 0 amide bonds. The van der Waals surface area contributed by atoms with Crippen molar-refractivity contribution in [1.29, 1.82) is 0 Å². The minimum absolute atomic E-state index is 0. The molecule has 0 heterocycles. The summed E-state index contributed by atoms with van der Waals surface area (Å²) in [7, 11) is 0. The van der Waals surface area contributed by atoms with Gasteiger partial charge in [-0.25, -0.2) is 0 Å². The fourth-order valence-electron chi connectivity index (χ4n) is 0.581. The van der Waals surface area contributed by atoms with Crippen molar-refractivity contribution in [3.63, 3.8) is 0 Å². The van der Waals surface area contributed by atoms with Crippen LogP contribution >= 0.6 is 23.2 Å². The van der Waals surface area contributed by atoms with Gasteiger partial charge in [-0.1, -0.05) is 23.2 Å². The maximum Gasteiger partial charge on any atom is 1.00 e. The number of hydrogen-bond acceptors (Lipinski definition) is 2. The van der Waals surface area contributed by atoms with Gasteiger partial charge in [-0.2, -0.15) is 0 Å². The Balaban J connectivity index is 0.00000121. The first-order valence-corrected chi connectivity index (χ1v) is 4.48. The first-order valence-electron chi connectivity index (χ1n) is 2.65. The largest absolute Gasteiger partial charge is 1.00 e. The average molecular weight is 233 g/mol. The minimum atomic E-state index is -2.24. The molecule has 0 aliphatic carbocycles. The molecule has 0 aliphatic heterocycles. The van der Waals surface area contributed by atoms with Gasteiger partial charge in [-0.3, -0.25) is 4.21 Å². The summed E-state index contributed by atoms with van der Waals surface area (Å²) in [5.74, 6) is 0. The van der Waals surface area contributed by atoms with Crippen LogP contribution < -0.4 is 29.6 Å². The van der Waals surface area contributed by atoms with Crippen molar-refractivity contribution in [3.8, 4) is 0 Å². The molecule has 0 N–H and O–H groups in total. The molecule has 12 heavy (non-hydrogen) atoms. The van der Waals surface area contributed by atoms with Gasteiger partial charge in [0.05, 0.1) is 10.0 Å². The van der Waals surface area contributed by atoms with Crippen LogP contribution in [-0.2, 0) is 11.1 Å². The van der Waals surface area contributed by atoms with Crippen LogP contribution in [0.15, 0.2) is 23.1 Å². The SMILES string of the molecule is O=S([O-])c1ccc(Cl)c(Cl)c1.[Na+]. The zero-order valence-electron chi connectivity index (χ0n) is 6.21. The van der Waals surface area contributed by atoms with E-state index < -0.39 is 11.1 Å². The van der Waals surface area contributed by atoms with Crippen LogP contribution in [0.5, 0.6) is 0 Å². The molecule has 1 aromatic rings. The maximum absolute atomic E-state index is 10.4. The van der Waals surface area contributed by atoms with Crippen molar-refractivity contribution in [1.82, 2.24) is 0 Å². The van der Waals surface area contributed by atoms with E-state index in [1.807, 2.05) is 0 Å². The number of halogens is 2. The summed E-state index contributed by atoms with van der Waals surface area (Å²) in [6.45, 7) is 0. The second kappa shape index (κ2) is 5.60. The van der Waals surface area contributed by atoms with Crippen LogP contribution in [0, 0.1) is 0 Å². The summed E-state index contributed by atoms with van der Waals surface area (Å²) in [6.07, 6.45) is 0. The smallest absolute Gasteiger partial charge is 0.768 e. The van der Waals surface area contributed by atoms with Crippen LogP contribution in [0.1, 0.15) is 0 Å². The molecular formula is C6H3Cl2NaO2S. The first kappa shape index (κ1) is 12.9. The van der Waals surface area contributed by atoms with E-state index in [0.717, 1.165) is 0 Å². The Morgan fingerprint density at radius 1 is 1.25 bits per heavy atom. The summed E-state index contributed by atoms with van der Waals surface area (Å²) in [5.41, 5.74) is 0. The predicted molar refractivity (Wildman–Crippen MR) is 43.6 cm³/mol. The van der Waals surface area contributed by atoms with E-state index >= 15 is 0 Å². The molecular weight excluding hydrogens is 230 g/mol. The van der Waals surface area contributed by atoms with Crippen molar-refractivity contribution in [2.45, 2.75) is 4.90 Å². The van der Waals surface area contributed by atoms with E-state index in [2.05, 4.69) is 0 Å². The molecule has 1 unspecified atom stereocenters. The standard InChI is InChI=1S/C6H4Cl2O2S.Na/c7-5-2-1-4(11(9)10)3-6(5)8;/h1-3H,(H,9,10);/q;+1/p-1. The summed E-state index contributed by atoms with van der Waals surface area (Å²) in [4.78, 5) is 0.138. The summed E-state index contributed by atoms with van der Waals surface area (Å²) in [5, 5.41) is 0.592. The molecule has 0 aromatic heterocycles. The van der Waals surface area contributed by atoms with E-state index in [1.165, 1.54) is 18.2 Å². The quantitative estimate of drug-likeness (QED) is 0.472. The first-order chi connectivity index (χ1) is 5.11. The van der Waals surface area contributed by atoms with E-state index in [0.29, 0.717) is 5.02 Å².